The molecular formula is C20H23N5O. The number of anilines is 2. The van der Waals surface area contributed by atoms with E-state index < -0.39 is 0 Å². The van der Waals surface area contributed by atoms with Gasteiger partial charge < -0.3 is 14.7 Å². The van der Waals surface area contributed by atoms with Crippen molar-refractivity contribution in [2.75, 3.05) is 16.8 Å². The fourth-order valence-corrected chi connectivity index (χ4v) is 3.12. The zero-order chi connectivity index (χ0) is 17.9. The maximum atomic E-state index is 5.20. The Balaban J connectivity index is 1.38. The highest BCUT2D eigenvalue weighted by Crippen LogP contribution is 2.23. The molecule has 0 radical (unpaired) electrons. The Labute approximate surface area is 153 Å². The van der Waals surface area contributed by atoms with Gasteiger partial charge in [0.05, 0.1) is 0 Å². The first-order chi connectivity index (χ1) is 12.7. The summed E-state index contributed by atoms with van der Waals surface area (Å²) in [5, 5.41) is 7.11. The Morgan fingerprint density at radius 1 is 1.15 bits per heavy atom. The van der Waals surface area contributed by atoms with Crippen LogP contribution in [0.5, 0.6) is 0 Å². The normalized spacial score (nSPS) is 13.7. The molecule has 0 aliphatic carbocycles. The van der Waals surface area contributed by atoms with Crippen molar-refractivity contribution in [1.29, 1.82) is 0 Å². The Hall–Kier alpha value is -2.89. The molecule has 0 saturated carbocycles. The minimum Gasteiger partial charge on any atom is -0.352 e. The lowest BCUT2D eigenvalue weighted by molar-refractivity contribution is 0.419. The average Bonchev–Trinajstić information content (AvgIpc) is 3.16. The van der Waals surface area contributed by atoms with E-state index in [4.69, 9.17) is 4.52 Å². The monoisotopic (exact) mass is 349 g/mol. The summed E-state index contributed by atoms with van der Waals surface area (Å²) in [6.07, 6.45) is 2.97. The summed E-state index contributed by atoms with van der Waals surface area (Å²) >= 11 is 0. The maximum absolute atomic E-state index is 5.20. The Bertz CT molecular complexity index is 872. The Morgan fingerprint density at radius 2 is 2.00 bits per heavy atom. The molecule has 1 N–H and O–H groups in total. The summed E-state index contributed by atoms with van der Waals surface area (Å²) in [5.74, 6) is 1.99. The van der Waals surface area contributed by atoms with Gasteiger partial charge in [0, 0.05) is 31.7 Å². The highest BCUT2D eigenvalue weighted by molar-refractivity contribution is 5.44. The van der Waals surface area contributed by atoms with Crippen LogP contribution in [0.1, 0.15) is 42.3 Å². The van der Waals surface area contributed by atoms with E-state index in [9.17, 15) is 0 Å². The lowest BCUT2D eigenvalue weighted by Gasteiger charge is -2.29. The van der Waals surface area contributed by atoms with E-state index in [0.29, 0.717) is 18.4 Å². The largest absolute Gasteiger partial charge is 0.352 e. The summed E-state index contributed by atoms with van der Waals surface area (Å²) < 4.78 is 5.20. The first-order valence-electron chi connectivity index (χ1n) is 9.03. The van der Waals surface area contributed by atoms with E-state index >= 15 is 0 Å². The van der Waals surface area contributed by atoms with Crippen LogP contribution in [0.3, 0.4) is 0 Å². The summed E-state index contributed by atoms with van der Waals surface area (Å²) in [4.78, 5) is 11.3. The zero-order valence-corrected chi connectivity index (χ0v) is 15.1. The predicted molar refractivity (Wildman–Crippen MR) is 101 cm³/mol. The van der Waals surface area contributed by atoms with Crippen LogP contribution in [0.15, 0.2) is 47.1 Å². The SMILES string of the molecule is CC(C)c1noc(NCc2ccc(N3CCc4ccccc4C3)nc2)n1. The molecule has 4 rings (SSSR count). The van der Waals surface area contributed by atoms with Crippen LogP contribution >= 0.6 is 0 Å². The van der Waals surface area contributed by atoms with E-state index in [-0.39, 0.29) is 5.92 Å². The third-order valence-corrected chi connectivity index (χ3v) is 4.67. The highest BCUT2D eigenvalue weighted by Gasteiger charge is 2.16. The quantitative estimate of drug-likeness (QED) is 0.756. The Morgan fingerprint density at radius 3 is 2.73 bits per heavy atom. The molecule has 1 aromatic carbocycles. The van der Waals surface area contributed by atoms with Gasteiger partial charge in [0.2, 0.25) is 0 Å². The molecule has 6 heteroatoms. The van der Waals surface area contributed by atoms with E-state index in [1.165, 1.54) is 11.1 Å². The van der Waals surface area contributed by atoms with Crippen molar-refractivity contribution in [1.82, 2.24) is 15.1 Å². The second kappa shape index (κ2) is 7.15. The lowest BCUT2D eigenvalue weighted by atomic mass is 10.00. The molecule has 1 aliphatic rings. The van der Waals surface area contributed by atoms with Gasteiger partial charge in [0.25, 0.3) is 0 Å². The molecule has 1 aliphatic heterocycles. The van der Waals surface area contributed by atoms with Crippen LogP contribution in [0, 0.1) is 0 Å². The molecule has 0 bridgehead atoms. The molecule has 2 aromatic heterocycles. The number of rotatable bonds is 5. The fourth-order valence-electron chi connectivity index (χ4n) is 3.12. The summed E-state index contributed by atoms with van der Waals surface area (Å²) in [7, 11) is 0. The van der Waals surface area contributed by atoms with Crippen molar-refractivity contribution in [2.24, 2.45) is 0 Å². The molecule has 0 spiro atoms. The zero-order valence-electron chi connectivity index (χ0n) is 15.1. The summed E-state index contributed by atoms with van der Waals surface area (Å²) in [5.41, 5.74) is 3.92. The lowest BCUT2D eigenvalue weighted by Crippen LogP contribution is -2.30. The van der Waals surface area contributed by atoms with Crippen LogP contribution in [0.25, 0.3) is 0 Å². The minimum atomic E-state index is 0.255. The first-order valence-corrected chi connectivity index (χ1v) is 9.03. The molecule has 0 fully saturated rings. The van der Waals surface area contributed by atoms with Crippen molar-refractivity contribution < 1.29 is 4.52 Å². The van der Waals surface area contributed by atoms with Gasteiger partial charge in [0.15, 0.2) is 5.82 Å². The summed E-state index contributed by atoms with van der Waals surface area (Å²) in [6.45, 7) is 6.60. The van der Waals surface area contributed by atoms with E-state index in [1.54, 1.807) is 0 Å². The molecule has 0 atom stereocenters. The van der Waals surface area contributed by atoms with Gasteiger partial charge in [-0.3, -0.25) is 0 Å². The van der Waals surface area contributed by atoms with Gasteiger partial charge in [-0.15, -0.1) is 0 Å². The number of hydrogen-bond donors (Lipinski definition) is 1. The predicted octanol–water partition coefficient (Wildman–Crippen LogP) is 3.76. The third kappa shape index (κ3) is 3.54. The van der Waals surface area contributed by atoms with Gasteiger partial charge >= 0.3 is 6.01 Å². The number of benzene rings is 1. The topological polar surface area (TPSA) is 67.1 Å². The second-order valence-electron chi connectivity index (χ2n) is 6.93. The molecule has 3 aromatic rings. The van der Waals surface area contributed by atoms with E-state index in [0.717, 1.165) is 30.9 Å². The highest BCUT2D eigenvalue weighted by atomic mass is 16.5. The van der Waals surface area contributed by atoms with Gasteiger partial charge in [-0.25, -0.2) is 4.98 Å². The van der Waals surface area contributed by atoms with Crippen molar-refractivity contribution in [3.63, 3.8) is 0 Å². The number of hydrogen-bond acceptors (Lipinski definition) is 6. The van der Waals surface area contributed by atoms with Crippen LogP contribution < -0.4 is 10.2 Å². The van der Waals surface area contributed by atoms with Crippen LogP contribution in [-0.2, 0) is 19.5 Å². The van der Waals surface area contributed by atoms with Gasteiger partial charge in [0.1, 0.15) is 5.82 Å². The minimum absolute atomic E-state index is 0.255. The van der Waals surface area contributed by atoms with Crippen molar-refractivity contribution >= 4 is 11.8 Å². The third-order valence-electron chi connectivity index (χ3n) is 4.67. The van der Waals surface area contributed by atoms with Crippen molar-refractivity contribution in [2.45, 2.75) is 39.3 Å². The first kappa shape index (κ1) is 16.6. The number of pyridine rings is 1. The van der Waals surface area contributed by atoms with Crippen LogP contribution in [-0.4, -0.2) is 21.7 Å². The van der Waals surface area contributed by atoms with E-state index in [2.05, 4.69) is 61.7 Å². The van der Waals surface area contributed by atoms with Gasteiger partial charge in [-0.1, -0.05) is 49.3 Å². The number of fused-ring (bicyclic) bond motifs is 1. The van der Waals surface area contributed by atoms with Crippen LogP contribution in [0.2, 0.25) is 0 Å². The number of nitrogens with zero attached hydrogens (tertiary/aromatic N) is 4. The van der Waals surface area contributed by atoms with Gasteiger partial charge in [-0.2, -0.15) is 4.98 Å². The summed E-state index contributed by atoms with van der Waals surface area (Å²) in [6, 6.07) is 13.3. The molecule has 26 heavy (non-hydrogen) atoms. The number of nitrogens with one attached hydrogen (secondary N) is 1. The molecule has 134 valence electrons. The van der Waals surface area contributed by atoms with Crippen LogP contribution in [0.4, 0.5) is 11.8 Å². The fraction of sp³-hybridized carbons (Fsp3) is 0.350. The molecule has 0 unspecified atom stereocenters. The molecule has 3 heterocycles. The molecule has 0 amide bonds. The second-order valence-corrected chi connectivity index (χ2v) is 6.93. The Kier molecular flexibility index (Phi) is 4.56. The van der Waals surface area contributed by atoms with Crippen molar-refractivity contribution in [3.05, 3.63) is 65.1 Å². The van der Waals surface area contributed by atoms with Gasteiger partial charge in [-0.05, 0) is 29.2 Å². The van der Waals surface area contributed by atoms with E-state index in [1.807, 2.05) is 20.0 Å². The molecular weight excluding hydrogens is 326 g/mol. The van der Waals surface area contributed by atoms with Crippen molar-refractivity contribution in [3.8, 4) is 0 Å². The standard InChI is InChI=1S/C20H23N5O/c1-14(2)19-23-20(26-24-19)22-12-15-7-8-18(21-11-15)25-10-9-16-5-3-4-6-17(16)13-25/h3-8,11,14H,9-10,12-13H2,1-2H3,(H,22,23,24). The smallest absolute Gasteiger partial charge is 0.321 e. The maximum Gasteiger partial charge on any atom is 0.321 e. The number of aromatic nitrogens is 3. The molecule has 6 nitrogen and oxygen atoms in total. The molecule has 0 saturated heterocycles. The average molecular weight is 349 g/mol.